The van der Waals surface area contributed by atoms with Crippen LogP contribution >= 0.6 is 11.8 Å². The molecule has 0 atom stereocenters. The highest BCUT2D eigenvalue weighted by atomic mass is 32.2. The topological polar surface area (TPSA) is 66.4 Å². The monoisotopic (exact) mass is 285 g/mol. The molecule has 1 aromatic rings. The summed E-state index contributed by atoms with van der Waals surface area (Å²) in [5.41, 5.74) is -0.140. The van der Waals surface area contributed by atoms with Gasteiger partial charge in [0.1, 0.15) is 5.82 Å². The average Bonchev–Trinajstić information content (AvgIpc) is 2.34. The van der Waals surface area contributed by atoms with E-state index >= 15 is 0 Å². The molecule has 0 aliphatic rings. The molecule has 0 bridgehead atoms. The fourth-order valence-corrected chi connectivity index (χ4v) is 2.27. The molecule has 104 valence electrons. The number of carbonyl (C=O) groups is 2. The van der Waals surface area contributed by atoms with Gasteiger partial charge in [-0.3, -0.25) is 4.79 Å². The van der Waals surface area contributed by atoms with Crippen molar-refractivity contribution in [3.63, 3.8) is 0 Å². The Bertz CT molecular complexity index is 465. The van der Waals surface area contributed by atoms with Crippen LogP contribution in [0.5, 0.6) is 0 Å². The van der Waals surface area contributed by atoms with Crippen molar-refractivity contribution in [2.24, 2.45) is 0 Å². The molecule has 0 saturated carbocycles. The first-order valence-corrected chi connectivity index (χ1v) is 7.10. The molecule has 0 aliphatic carbocycles. The summed E-state index contributed by atoms with van der Waals surface area (Å²) in [5, 5.41) is 11.2. The maximum Gasteiger partial charge on any atom is 0.338 e. The van der Waals surface area contributed by atoms with E-state index in [4.69, 9.17) is 5.11 Å². The number of anilines is 1. The van der Waals surface area contributed by atoms with Gasteiger partial charge in [-0.05, 0) is 30.4 Å². The highest BCUT2D eigenvalue weighted by Gasteiger charge is 2.11. The molecule has 0 radical (unpaired) electrons. The number of unbranched alkanes of at least 4 members (excludes halogenated alkanes) is 1. The second-order valence-corrected chi connectivity index (χ2v) is 5.06. The molecule has 6 heteroatoms. The van der Waals surface area contributed by atoms with E-state index in [1.54, 1.807) is 0 Å². The lowest BCUT2D eigenvalue weighted by Gasteiger charge is -2.06. The van der Waals surface area contributed by atoms with Crippen molar-refractivity contribution in [2.75, 3.05) is 16.8 Å². The number of amides is 1. The summed E-state index contributed by atoms with van der Waals surface area (Å²) >= 11 is 1.52. The van der Waals surface area contributed by atoms with Gasteiger partial charge in [0.05, 0.1) is 11.3 Å². The summed E-state index contributed by atoms with van der Waals surface area (Å²) in [6.07, 6.45) is 2.14. The molecular formula is C13H16FNO3S. The van der Waals surface area contributed by atoms with Crippen LogP contribution in [0.1, 0.15) is 30.1 Å². The smallest absolute Gasteiger partial charge is 0.338 e. The minimum absolute atomic E-state index is 0.219. The van der Waals surface area contributed by atoms with Crippen molar-refractivity contribution < 1.29 is 19.1 Å². The van der Waals surface area contributed by atoms with E-state index in [0.717, 1.165) is 30.7 Å². The maximum absolute atomic E-state index is 13.4. The van der Waals surface area contributed by atoms with Gasteiger partial charge in [-0.1, -0.05) is 13.3 Å². The van der Waals surface area contributed by atoms with E-state index in [9.17, 15) is 14.0 Å². The first-order chi connectivity index (χ1) is 9.04. The number of benzene rings is 1. The third-order valence-electron chi connectivity index (χ3n) is 2.36. The Morgan fingerprint density at radius 3 is 2.74 bits per heavy atom. The summed E-state index contributed by atoms with van der Waals surface area (Å²) < 4.78 is 13.4. The third-order valence-corrected chi connectivity index (χ3v) is 3.40. The van der Waals surface area contributed by atoms with Crippen LogP contribution in [0.2, 0.25) is 0 Å². The molecule has 0 spiro atoms. The van der Waals surface area contributed by atoms with E-state index in [1.165, 1.54) is 17.8 Å². The Kier molecular flexibility index (Phi) is 6.35. The number of rotatable bonds is 7. The van der Waals surface area contributed by atoms with Crippen molar-refractivity contribution >= 4 is 29.3 Å². The largest absolute Gasteiger partial charge is 0.478 e. The molecule has 2 N–H and O–H groups in total. The van der Waals surface area contributed by atoms with Crippen LogP contribution in [0.3, 0.4) is 0 Å². The number of halogens is 1. The van der Waals surface area contributed by atoms with Gasteiger partial charge < -0.3 is 10.4 Å². The van der Waals surface area contributed by atoms with Gasteiger partial charge in [-0.2, -0.15) is 11.8 Å². The number of carboxylic acids is 1. The average molecular weight is 285 g/mol. The molecule has 0 heterocycles. The number of nitrogens with one attached hydrogen (secondary N) is 1. The van der Waals surface area contributed by atoms with E-state index < -0.39 is 17.3 Å². The normalized spacial score (nSPS) is 10.2. The van der Waals surface area contributed by atoms with Gasteiger partial charge >= 0.3 is 5.97 Å². The van der Waals surface area contributed by atoms with Crippen molar-refractivity contribution in [2.45, 2.75) is 19.8 Å². The first-order valence-electron chi connectivity index (χ1n) is 5.95. The zero-order valence-corrected chi connectivity index (χ0v) is 11.4. The summed E-state index contributed by atoms with van der Waals surface area (Å²) in [6, 6.07) is 3.52. The Morgan fingerprint density at radius 1 is 1.42 bits per heavy atom. The zero-order valence-electron chi connectivity index (χ0n) is 10.6. The molecule has 1 rings (SSSR count). The Labute approximate surface area is 115 Å². The van der Waals surface area contributed by atoms with Crippen molar-refractivity contribution in [1.82, 2.24) is 0 Å². The van der Waals surface area contributed by atoms with Gasteiger partial charge in [-0.15, -0.1) is 0 Å². The molecule has 0 aromatic heterocycles. The lowest BCUT2D eigenvalue weighted by molar-refractivity contribution is -0.113. The molecule has 19 heavy (non-hydrogen) atoms. The molecule has 0 aliphatic heterocycles. The van der Waals surface area contributed by atoms with E-state index in [1.807, 2.05) is 0 Å². The van der Waals surface area contributed by atoms with Crippen molar-refractivity contribution in [3.05, 3.63) is 29.6 Å². The number of aromatic carboxylic acids is 1. The van der Waals surface area contributed by atoms with Gasteiger partial charge in [0.25, 0.3) is 0 Å². The van der Waals surface area contributed by atoms with Crippen LogP contribution in [0.4, 0.5) is 10.1 Å². The predicted octanol–water partition coefficient (Wildman–Crippen LogP) is 3.00. The number of hydrogen-bond donors (Lipinski definition) is 2. The summed E-state index contributed by atoms with van der Waals surface area (Å²) in [5.74, 6) is -1.18. The van der Waals surface area contributed by atoms with Crippen LogP contribution in [0.15, 0.2) is 18.2 Å². The summed E-state index contributed by atoms with van der Waals surface area (Å²) in [7, 11) is 0. The summed E-state index contributed by atoms with van der Waals surface area (Å²) in [4.78, 5) is 22.2. The lowest BCUT2D eigenvalue weighted by atomic mass is 10.2. The van der Waals surface area contributed by atoms with Gasteiger partial charge in [0, 0.05) is 5.69 Å². The fourth-order valence-electron chi connectivity index (χ4n) is 1.37. The second-order valence-electron chi connectivity index (χ2n) is 3.95. The van der Waals surface area contributed by atoms with Gasteiger partial charge in [-0.25, -0.2) is 9.18 Å². The molecule has 1 aromatic carbocycles. The van der Waals surface area contributed by atoms with Crippen LogP contribution in [-0.4, -0.2) is 28.5 Å². The molecular weight excluding hydrogens is 269 g/mol. The Hall–Kier alpha value is -1.56. The van der Waals surface area contributed by atoms with E-state index in [2.05, 4.69) is 12.2 Å². The zero-order chi connectivity index (χ0) is 14.3. The molecule has 4 nitrogen and oxygen atoms in total. The van der Waals surface area contributed by atoms with E-state index in [-0.39, 0.29) is 11.6 Å². The standard InChI is InChI=1S/C13H16FNO3S/c1-2-3-6-19-8-12(16)15-9-4-5-10(13(17)18)11(14)7-9/h4-5,7H,2-3,6,8H2,1H3,(H,15,16)(H,17,18). The van der Waals surface area contributed by atoms with E-state index in [0.29, 0.717) is 5.75 Å². The molecule has 1 amide bonds. The first kappa shape index (κ1) is 15.5. The van der Waals surface area contributed by atoms with Crippen LogP contribution in [0, 0.1) is 5.82 Å². The van der Waals surface area contributed by atoms with Crippen LogP contribution in [0.25, 0.3) is 0 Å². The molecule has 0 fully saturated rings. The highest BCUT2D eigenvalue weighted by molar-refractivity contribution is 7.99. The SMILES string of the molecule is CCCCSCC(=O)Nc1ccc(C(=O)O)c(F)c1. The Morgan fingerprint density at radius 2 is 2.16 bits per heavy atom. The maximum atomic E-state index is 13.4. The minimum Gasteiger partial charge on any atom is -0.478 e. The lowest BCUT2D eigenvalue weighted by Crippen LogP contribution is -2.15. The van der Waals surface area contributed by atoms with Crippen molar-refractivity contribution in [3.8, 4) is 0 Å². The predicted molar refractivity (Wildman–Crippen MR) is 74.2 cm³/mol. The molecule has 0 saturated heterocycles. The van der Waals surface area contributed by atoms with Gasteiger partial charge in [0.15, 0.2) is 0 Å². The molecule has 0 unspecified atom stereocenters. The summed E-state index contributed by atoms with van der Waals surface area (Å²) in [6.45, 7) is 2.08. The van der Waals surface area contributed by atoms with Crippen molar-refractivity contribution in [1.29, 1.82) is 0 Å². The number of hydrogen-bond acceptors (Lipinski definition) is 3. The van der Waals surface area contributed by atoms with Crippen LogP contribution < -0.4 is 5.32 Å². The number of carbonyl (C=O) groups excluding carboxylic acids is 1. The van der Waals surface area contributed by atoms with Crippen LogP contribution in [-0.2, 0) is 4.79 Å². The van der Waals surface area contributed by atoms with Gasteiger partial charge in [0.2, 0.25) is 5.91 Å². The highest BCUT2D eigenvalue weighted by Crippen LogP contribution is 2.15. The third kappa shape index (κ3) is 5.30. The Balaban J connectivity index is 2.51. The fraction of sp³-hybridized carbons (Fsp3) is 0.385. The number of thioether (sulfide) groups is 1. The second kappa shape index (κ2) is 7.78. The minimum atomic E-state index is -1.33. The quantitative estimate of drug-likeness (QED) is 0.756. The number of carboxylic acid groups (broad SMARTS) is 1.